The van der Waals surface area contributed by atoms with E-state index in [0.29, 0.717) is 11.8 Å². The highest BCUT2D eigenvalue weighted by atomic mass is 16.3. The molecule has 2 aliphatic rings. The molecule has 0 amide bonds. The fourth-order valence-electron chi connectivity index (χ4n) is 13.9. The molecular formula is C70H52N2O2. The van der Waals surface area contributed by atoms with Crippen LogP contribution in [0.4, 0.5) is 34.1 Å². The summed E-state index contributed by atoms with van der Waals surface area (Å²) < 4.78 is 14.0. The highest BCUT2D eigenvalue weighted by molar-refractivity contribution is 6.30. The largest absolute Gasteiger partial charge is 0.454 e. The van der Waals surface area contributed by atoms with Crippen LogP contribution < -0.4 is 9.80 Å². The molecular weight excluding hydrogens is 901 g/mol. The second-order valence-corrected chi connectivity index (χ2v) is 21.2. The van der Waals surface area contributed by atoms with Gasteiger partial charge in [0.25, 0.3) is 0 Å². The maximum Gasteiger partial charge on any atom is 0.159 e. The third-order valence-electron chi connectivity index (χ3n) is 17.3. The molecule has 2 aromatic heterocycles. The van der Waals surface area contributed by atoms with Crippen molar-refractivity contribution in [1.29, 1.82) is 0 Å². The number of hydrogen-bond donors (Lipinski definition) is 0. The Kier molecular flexibility index (Phi) is 9.33. The number of nitrogens with zero attached hydrogens (tertiary/aromatic N) is 2. The van der Waals surface area contributed by atoms with Crippen LogP contribution in [0, 0.1) is 0 Å². The maximum absolute atomic E-state index is 7.00. The maximum atomic E-state index is 7.00. The Hall–Kier alpha value is -8.60. The van der Waals surface area contributed by atoms with Crippen molar-refractivity contribution >= 4 is 132 Å². The smallest absolute Gasteiger partial charge is 0.159 e. The second kappa shape index (κ2) is 16.5. The molecule has 2 saturated carbocycles. The van der Waals surface area contributed by atoms with Gasteiger partial charge >= 0.3 is 0 Å². The lowest BCUT2D eigenvalue weighted by atomic mass is 9.82. The Morgan fingerprint density at radius 2 is 0.635 bits per heavy atom. The molecule has 16 rings (SSSR count). The van der Waals surface area contributed by atoms with E-state index in [-0.39, 0.29) is 0 Å². The van der Waals surface area contributed by atoms with E-state index < -0.39 is 0 Å². The van der Waals surface area contributed by atoms with Crippen LogP contribution in [0.25, 0.3) is 97.7 Å². The van der Waals surface area contributed by atoms with Gasteiger partial charge in [-0.2, -0.15) is 0 Å². The van der Waals surface area contributed by atoms with E-state index in [2.05, 4.69) is 216 Å². The molecule has 12 aromatic carbocycles. The summed E-state index contributed by atoms with van der Waals surface area (Å²) in [7, 11) is 0. The van der Waals surface area contributed by atoms with Gasteiger partial charge in [0.05, 0.1) is 34.1 Å². The van der Waals surface area contributed by atoms with Gasteiger partial charge in [-0.05, 0) is 129 Å². The van der Waals surface area contributed by atoms with Gasteiger partial charge < -0.3 is 18.6 Å². The first-order chi connectivity index (χ1) is 36.7. The normalized spacial score (nSPS) is 14.8. The average Bonchev–Trinajstić information content (AvgIpc) is 4.37. The summed E-state index contributed by atoms with van der Waals surface area (Å²) >= 11 is 0. The van der Waals surface area contributed by atoms with Crippen LogP contribution in [0.15, 0.2) is 215 Å². The predicted octanol–water partition coefficient (Wildman–Crippen LogP) is 20.9. The van der Waals surface area contributed by atoms with Gasteiger partial charge in [0, 0.05) is 43.1 Å². The average molecular weight is 953 g/mol. The standard InChI is InChI=1S/C70H52N2O2/c1-2-20-45(19-1)57-41-63(71(59-31-13-23-43-17-5-7-25-47(43)59)61-33-15-29-53-49-27-9-11-35-65(49)73-69(53)61)55-40-38-52-58(46-21-3-4-22-46)42-64(56-39-37-51(57)67(55)68(52)56)72(60-32-14-24-44-18-6-8-26-48(44)60)62-34-16-30-54-50-28-10-12-36-66(50)74-70(54)62/h5-18,23-42,45-46H,1-4,19-22H2. The van der Waals surface area contributed by atoms with Gasteiger partial charge in [0.2, 0.25) is 0 Å². The minimum Gasteiger partial charge on any atom is -0.454 e. The monoisotopic (exact) mass is 952 g/mol. The van der Waals surface area contributed by atoms with Crippen molar-refractivity contribution in [2.24, 2.45) is 0 Å². The van der Waals surface area contributed by atoms with Gasteiger partial charge in [0.15, 0.2) is 11.2 Å². The molecule has 0 aliphatic heterocycles. The molecule has 14 aromatic rings. The van der Waals surface area contributed by atoms with Crippen LogP contribution in [0.2, 0.25) is 0 Å². The van der Waals surface area contributed by atoms with Crippen molar-refractivity contribution in [3.63, 3.8) is 0 Å². The van der Waals surface area contributed by atoms with Crippen LogP contribution in [0.5, 0.6) is 0 Å². The number of hydrogen-bond acceptors (Lipinski definition) is 4. The molecule has 2 aliphatic carbocycles. The molecule has 0 radical (unpaired) electrons. The van der Waals surface area contributed by atoms with Crippen molar-refractivity contribution in [2.75, 3.05) is 9.80 Å². The topological polar surface area (TPSA) is 32.8 Å². The summed E-state index contributed by atoms with van der Waals surface area (Å²) in [5.41, 5.74) is 13.2. The number of para-hydroxylation sites is 4. The molecule has 354 valence electrons. The molecule has 0 bridgehead atoms. The molecule has 74 heavy (non-hydrogen) atoms. The van der Waals surface area contributed by atoms with Crippen molar-refractivity contribution < 1.29 is 8.83 Å². The van der Waals surface area contributed by atoms with Crippen molar-refractivity contribution in [3.8, 4) is 0 Å². The summed E-state index contributed by atoms with van der Waals surface area (Å²) in [5, 5.41) is 17.3. The molecule has 4 heteroatoms. The quantitative estimate of drug-likeness (QED) is 0.142. The first-order valence-electron chi connectivity index (χ1n) is 26.9. The number of furan rings is 2. The van der Waals surface area contributed by atoms with Crippen molar-refractivity contribution in [1.82, 2.24) is 0 Å². The van der Waals surface area contributed by atoms with Crippen LogP contribution in [0.3, 0.4) is 0 Å². The highest BCUT2D eigenvalue weighted by Gasteiger charge is 2.32. The van der Waals surface area contributed by atoms with Crippen LogP contribution in [-0.4, -0.2) is 0 Å². The van der Waals surface area contributed by atoms with Crippen LogP contribution in [-0.2, 0) is 0 Å². The number of benzene rings is 12. The lowest BCUT2D eigenvalue weighted by Crippen LogP contribution is -2.14. The number of anilines is 6. The Morgan fingerprint density at radius 1 is 0.284 bits per heavy atom. The second-order valence-electron chi connectivity index (χ2n) is 21.2. The molecule has 0 N–H and O–H groups in total. The summed E-state index contributed by atoms with van der Waals surface area (Å²) in [5.74, 6) is 0.891. The van der Waals surface area contributed by atoms with E-state index in [0.717, 1.165) is 66.6 Å². The van der Waals surface area contributed by atoms with Crippen LogP contribution in [0.1, 0.15) is 74.3 Å². The SMILES string of the molecule is c1ccc2c(N(c3cc(C4CCCC4)c4ccc5c(N(c6cccc7ccccc67)c6cccc7c6oc6ccccc67)cc(C6CCCC6)c6ccc3c4c65)c3cccc4c3oc3ccccc34)cccc2c1. The third kappa shape index (κ3) is 6.21. The predicted molar refractivity (Wildman–Crippen MR) is 311 cm³/mol. The lowest BCUT2D eigenvalue weighted by molar-refractivity contribution is 0.669. The van der Waals surface area contributed by atoms with Crippen molar-refractivity contribution in [3.05, 3.63) is 217 Å². The van der Waals surface area contributed by atoms with Crippen LogP contribution >= 0.6 is 0 Å². The summed E-state index contributed by atoms with van der Waals surface area (Å²) in [6.07, 6.45) is 9.73. The first-order valence-corrected chi connectivity index (χ1v) is 26.9. The van der Waals surface area contributed by atoms with E-state index in [1.54, 1.807) is 0 Å². The van der Waals surface area contributed by atoms with Gasteiger partial charge in [-0.25, -0.2) is 0 Å². The van der Waals surface area contributed by atoms with Crippen molar-refractivity contribution in [2.45, 2.75) is 63.2 Å². The highest BCUT2D eigenvalue weighted by Crippen LogP contribution is 2.56. The summed E-state index contributed by atoms with van der Waals surface area (Å²) in [6.45, 7) is 0. The minimum atomic E-state index is 0.446. The Morgan fingerprint density at radius 3 is 1.09 bits per heavy atom. The molecule has 0 saturated heterocycles. The van der Waals surface area contributed by atoms with E-state index >= 15 is 0 Å². The summed E-state index contributed by atoms with van der Waals surface area (Å²) in [6, 6.07) is 76.8. The van der Waals surface area contributed by atoms with E-state index in [1.807, 2.05) is 0 Å². The van der Waals surface area contributed by atoms with E-state index in [4.69, 9.17) is 8.83 Å². The molecule has 2 fully saturated rings. The minimum absolute atomic E-state index is 0.446. The summed E-state index contributed by atoms with van der Waals surface area (Å²) in [4.78, 5) is 5.11. The Balaban J connectivity index is 1.06. The van der Waals surface area contributed by atoms with Gasteiger partial charge in [-0.15, -0.1) is 0 Å². The Labute approximate surface area is 429 Å². The van der Waals surface area contributed by atoms with E-state index in [1.165, 1.54) is 128 Å². The number of fused-ring (bicyclic) bond motifs is 8. The third-order valence-corrected chi connectivity index (χ3v) is 17.3. The molecule has 0 unspecified atom stereocenters. The fourth-order valence-corrected chi connectivity index (χ4v) is 13.9. The lowest BCUT2D eigenvalue weighted by Gasteiger charge is -2.32. The van der Waals surface area contributed by atoms with Gasteiger partial charge in [0.1, 0.15) is 11.2 Å². The zero-order valence-electron chi connectivity index (χ0n) is 41.2. The molecule has 2 heterocycles. The van der Waals surface area contributed by atoms with Gasteiger partial charge in [-0.3, -0.25) is 0 Å². The zero-order chi connectivity index (χ0) is 48.4. The van der Waals surface area contributed by atoms with E-state index in [9.17, 15) is 0 Å². The number of rotatable bonds is 8. The molecule has 0 atom stereocenters. The van der Waals surface area contributed by atoms with Gasteiger partial charge in [-0.1, -0.05) is 183 Å². The molecule has 0 spiro atoms. The fraction of sp³-hybridized carbons (Fsp3) is 0.143. The first kappa shape index (κ1) is 42.0. The molecule has 4 nitrogen and oxygen atoms in total. The zero-order valence-corrected chi connectivity index (χ0v) is 41.2. The Bertz CT molecular complexity index is 4240.